The summed E-state index contributed by atoms with van der Waals surface area (Å²) < 4.78 is 16.3. The van der Waals surface area contributed by atoms with Crippen molar-refractivity contribution in [2.75, 3.05) is 5.75 Å². The first-order valence-corrected chi connectivity index (χ1v) is 10.2. The van der Waals surface area contributed by atoms with Crippen molar-refractivity contribution in [3.8, 4) is 22.8 Å². The highest BCUT2D eigenvalue weighted by Crippen LogP contribution is 2.21. The number of esters is 1. The molecule has 0 bridgehead atoms. The topological polar surface area (TPSA) is 78.4 Å². The van der Waals surface area contributed by atoms with Crippen LogP contribution in [0.5, 0.6) is 0 Å². The molecule has 0 amide bonds. The Morgan fingerprint density at radius 1 is 1.00 bits per heavy atom. The van der Waals surface area contributed by atoms with Crippen LogP contribution in [0.3, 0.4) is 0 Å². The quantitative estimate of drug-likeness (QED) is 0.382. The Kier molecular flexibility index (Phi) is 6.07. The number of carbonyl (C=O) groups is 1. The Morgan fingerprint density at radius 2 is 1.72 bits per heavy atom. The van der Waals surface area contributed by atoms with E-state index >= 15 is 0 Å². The van der Waals surface area contributed by atoms with Crippen molar-refractivity contribution in [3.05, 3.63) is 84.7 Å². The van der Waals surface area contributed by atoms with Crippen LogP contribution < -0.4 is 0 Å². The normalized spacial score (nSPS) is 10.8. The molecule has 2 aromatic heterocycles. The number of aromatic nitrogens is 2. The van der Waals surface area contributed by atoms with Gasteiger partial charge in [0, 0.05) is 16.9 Å². The van der Waals surface area contributed by atoms with Crippen LogP contribution in [0.15, 0.2) is 82.0 Å². The molecule has 0 N–H and O–H groups in total. The first-order valence-electron chi connectivity index (χ1n) is 9.01. The molecule has 0 saturated heterocycles. The number of oxazole rings is 2. The van der Waals surface area contributed by atoms with Gasteiger partial charge in [-0.3, -0.25) is 4.79 Å². The van der Waals surface area contributed by atoms with E-state index in [9.17, 15) is 4.79 Å². The highest BCUT2D eigenvalue weighted by Gasteiger charge is 2.11. The smallest absolute Gasteiger partial charge is 0.316 e. The van der Waals surface area contributed by atoms with E-state index < -0.39 is 0 Å². The van der Waals surface area contributed by atoms with E-state index in [-0.39, 0.29) is 18.3 Å². The minimum Gasteiger partial charge on any atom is -0.455 e. The predicted molar refractivity (Wildman–Crippen MR) is 110 cm³/mol. The third kappa shape index (κ3) is 5.14. The molecule has 0 unspecified atom stereocenters. The Morgan fingerprint density at radius 3 is 2.48 bits per heavy atom. The number of nitrogens with zero attached hydrogens (tertiary/aromatic N) is 2. The molecular weight excluding hydrogens is 388 g/mol. The van der Waals surface area contributed by atoms with Gasteiger partial charge in [-0.15, -0.1) is 11.8 Å². The summed E-state index contributed by atoms with van der Waals surface area (Å²) in [4.78, 5) is 20.5. The maximum absolute atomic E-state index is 12.0. The van der Waals surface area contributed by atoms with Crippen LogP contribution in [0.25, 0.3) is 22.8 Å². The van der Waals surface area contributed by atoms with E-state index in [2.05, 4.69) is 9.97 Å². The number of thioether (sulfide) groups is 1. The molecule has 4 aromatic rings. The Balaban J connectivity index is 1.21. The maximum Gasteiger partial charge on any atom is 0.316 e. The molecule has 4 rings (SSSR count). The molecule has 6 nitrogen and oxygen atoms in total. The van der Waals surface area contributed by atoms with Crippen molar-refractivity contribution in [1.82, 2.24) is 9.97 Å². The summed E-state index contributed by atoms with van der Waals surface area (Å²) in [6, 6.07) is 19.3. The Hall–Kier alpha value is -3.32. The fourth-order valence-electron chi connectivity index (χ4n) is 2.62. The molecule has 2 heterocycles. The highest BCUT2D eigenvalue weighted by atomic mass is 32.2. The summed E-state index contributed by atoms with van der Waals surface area (Å²) in [5.41, 5.74) is 2.63. The van der Waals surface area contributed by atoms with E-state index in [1.165, 1.54) is 11.8 Å². The molecule has 0 saturated carbocycles. The Bertz CT molecular complexity index is 1060. The third-order valence-electron chi connectivity index (χ3n) is 4.01. The largest absolute Gasteiger partial charge is 0.455 e. The fraction of sp³-hybridized carbons (Fsp3) is 0.136. The van der Waals surface area contributed by atoms with E-state index in [1.807, 2.05) is 60.7 Å². The number of carbonyl (C=O) groups excluding carboxylic acids is 1. The molecule has 0 aliphatic carbocycles. The summed E-state index contributed by atoms with van der Waals surface area (Å²) in [5.74, 6) is 2.02. The average Bonchev–Trinajstić information content (AvgIpc) is 3.44. The van der Waals surface area contributed by atoms with Crippen LogP contribution in [-0.2, 0) is 21.9 Å². The van der Waals surface area contributed by atoms with Crippen molar-refractivity contribution >= 4 is 17.7 Å². The zero-order chi connectivity index (χ0) is 19.9. The zero-order valence-corrected chi connectivity index (χ0v) is 16.3. The molecule has 7 heteroatoms. The summed E-state index contributed by atoms with van der Waals surface area (Å²) in [7, 11) is 0. The molecule has 146 valence electrons. The lowest BCUT2D eigenvalue weighted by Gasteiger charge is -2.01. The maximum atomic E-state index is 12.0. The fourth-order valence-corrected chi connectivity index (χ4v) is 3.32. The van der Waals surface area contributed by atoms with Crippen molar-refractivity contribution in [2.45, 2.75) is 12.4 Å². The molecule has 2 aromatic carbocycles. The molecular formula is C22H18N2O4S. The second kappa shape index (κ2) is 9.25. The summed E-state index contributed by atoms with van der Waals surface area (Å²) in [6.45, 7) is 0.00828. The van der Waals surface area contributed by atoms with E-state index in [1.54, 1.807) is 12.5 Å². The lowest BCUT2D eigenvalue weighted by atomic mass is 10.2. The predicted octanol–water partition coefficient (Wildman–Crippen LogP) is 4.97. The van der Waals surface area contributed by atoms with E-state index in [0.717, 1.165) is 16.8 Å². The van der Waals surface area contributed by atoms with Gasteiger partial charge in [0.15, 0.2) is 12.4 Å². The van der Waals surface area contributed by atoms with Gasteiger partial charge in [-0.2, -0.15) is 0 Å². The van der Waals surface area contributed by atoms with Gasteiger partial charge in [0.25, 0.3) is 0 Å². The van der Waals surface area contributed by atoms with Crippen molar-refractivity contribution in [1.29, 1.82) is 0 Å². The average molecular weight is 406 g/mol. The number of ether oxygens (including phenoxy) is 1. The SMILES string of the molecule is O=C(CSCc1coc(-c2ccccc2)n1)OCc1ncc(-c2ccccc2)o1. The second-order valence-electron chi connectivity index (χ2n) is 6.15. The van der Waals surface area contributed by atoms with Gasteiger partial charge in [-0.05, 0) is 12.1 Å². The van der Waals surface area contributed by atoms with Crippen LogP contribution in [0.4, 0.5) is 0 Å². The van der Waals surface area contributed by atoms with Gasteiger partial charge >= 0.3 is 5.97 Å². The lowest BCUT2D eigenvalue weighted by molar-refractivity contribution is -0.142. The van der Waals surface area contributed by atoms with Crippen LogP contribution in [0, 0.1) is 0 Å². The van der Waals surface area contributed by atoms with E-state index in [4.69, 9.17) is 13.6 Å². The molecule has 0 aliphatic rings. The van der Waals surface area contributed by atoms with Crippen molar-refractivity contribution in [3.63, 3.8) is 0 Å². The standard InChI is InChI=1S/C22H18N2O4S/c25-21(26-13-20-23-11-19(28-20)16-7-3-1-4-8-16)15-29-14-18-12-27-22(24-18)17-9-5-2-6-10-17/h1-12H,13-15H2. The molecule has 0 aliphatic heterocycles. The molecule has 0 fully saturated rings. The number of hydrogen-bond donors (Lipinski definition) is 0. The minimum atomic E-state index is -0.332. The van der Waals surface area contributed by atoms with Crippen LogP contribution in [-0.4, -0.2) is 21.7 Å². The van der Waals surface area contributed by atoms with E-state index in [0.29, 0.717) is 23.3 Å². The molecule has 0 spiro atoms. The van der Waals surface area contributed by atoms with Gasteiger partial charge < -0.3 is 13.6 Å². The van der Waals surface area contributed by atoms with Gasteiger partial charge in [0.2, 0.25) is 11.8 Å². The van der Waals surface area contributed by atoms with Crippen molar-refractivity contribution in [2.24, 2.45) is 0 Å². The van der Waals surface area contributed by atoms with Crippen LogP contribution in [0.1, 0.15) is 11.6 Å². The first-order chi connectivity index (χ1) is 14.3. The summed E-state index contributed by atoms with van der Waals surface area (Å²) in [6.07, 6.45) is 3.24. The second-order valence-corrected chi connectivity index (χ2v) is 7.13. The third-order valence-corrected chi connectivity index (χ3v) is 4.95. The summed E-state index contributed by atoms with van der Waals surface area (Å²) >= 11 is 1.41. The van der Waals surface area contributed by atoms with Crippen molar-refractivity contribution < 1.29 is 18.4 Å². The number of hydrogen-bond acceptors (Lipinski definition) is 7. The molecule has 0 atom stereocenters. The lowest BCUT2D eigenvalue weighted by Crippen LogP contribution is -2.07. The monoisotopic (exact) mass is 406 g/mol. The number of rotatable bonds is 8. The molecule has 29 heavy (non-hydrogen) atoms. The Labute approximate surface area is 171 Å². The van der Waals surface area contributed by atoms with Crippen LogP contribution in [0.2, 0.25) is 0 Å². The van der Waals surface area contributed by atoms with Gasteiger partial charge in [-0.1, -0.05) is 48.5 Å². The van der Waals surface area contributed by atoms with Crippen LogP contribution >= 0.6 is 11.8 Å². The minimum absolute atomic E-state index is 0.00828. The molecule has 0 radical (unpaired) electrons. The summed E-state index contributed by atoms with van der Waals surface area (Å²) in [5, 5.41) is 0. The first kappa shape index (κ1) is 19.0. The van der Waals surface area contributed by atoms with Gasteiger partial charge in [-0.25, -0.2) is 9.97 Å². The zero-order valence-electron chi connectivity index (χ0n) is 15.5. The highest BCUT2D eigenvalue weighted by molar-refractivity contribution is 7.99. The van der Waals surface area contributed by atoms with Gasteiger partial charge in [0.1, 0.15) is 6.26 Å². The number of benzene rings is 2. The van der Waals surface area contributed by atoms with Gasteiger partial charge in [0.05, 0.1) is 17.6 Å².